The summed E-state index contributed by atoms with van der Waals surface area (Å²) in [7, 11) is -3.30. The van der Waals surface area contributed by atoms with Crippen molar-refractivity contribution < 1.29 is 8.42 Å². The Morgan fingerprint density at radius 1 is 0.929 bits per heavy atom. The molecule has 4 nitrogen and oxygen atoms in total. The summed E-state index contributed by atoms with van der Waals surface area (Å²) >= 11 is 6.02. The maximum absolute atomic E-state index is 11.4. The minimum absolute atomic E-state index is 0.547. The molecule has 0 radical (unpaired) electrons. The van der Waals surface area contributed by atoms with Gasteiger partial charge < -0.3 is 0 Å². The van der Waals surface area contributed by atoms with Crippen LogP contribution in [0.3, 0.4) is 0 Å². The summed E-state index contributed by atoms with van der Waals surface area (Å²) in [5, 5.41) is 3.68. The number of hydrogen-bond acceptors (Lipinski definition) is 3. The number of halogens is 1. The van der Waals surface area contributed by atoms with Crippen molar-refractivity contribution in [3.05, 3.63) is 83.0 Å². The Kier molecular flexibility index (Phi) is 4.79. The minimum atomic E-state index is -3.30. The number of anilines is 1. The number of hydrogen-bond donors (Lipinski definition) is 1. The van der Waals surface area contributed by atoms with E-state index < -0.39 is 10.0 Å². The molecule has 6 heteroatoms. The molecule has 0 fully saturated rings. The fourth-order valence-electron chi connectivity index (χ4n) is 3.11. The van der Waals surface area contributed by atoms with E-state index >= 15 is 0 Å². The van der Waals surface area contributed by atoms with Gasteiger partial charge in [0.05, 0.1) is 17.5 Å². The summed E-state index contributed by atoms with van der Waals surface area (Å²) in [6.07, 6.45) is 5.11. The Bertz CT molecular complexity index is 1330. The van der Waals surface area contributed by atoms with Gasteiger partial charge in [0, 0.05) is 16.1 Å². The van der Waals surface area contributed by atoms with Crippen molar-refractivity contribution in [1.29, 1.82) is 0 Å². The highest BCUT2D eigenvalue weighted by molar-refractivity contribution is 7.92. The first-order valence-electron chi connectivity index (χ1n) is 8.62. The van der Waals surface area contributed by atoms with Crippen molar-refractivity contribution in [1.82, 2.24) is 4.98 Å². The van der Waals surface area contributed by atoms with Crippen LogP contribution in [-0.4, -0.2) is 19.7 Å². The number of benzene rings is 3. The van der Waals surface area contributed by atoms with Crippen LogP contribution in [0.1, 0.15) is 11.3 Å². The molecule has 0 amide bonds. The lowest BCUT2D eigenvalue weighted by molar-refractivity contribution is 0.607. The molecule has 0 bridgehead atoms. The van der Waals surface area contributed by atoms with Crippen LogP contribution in [0.5, 0.6) is 0 Å². The number of aromatic nitrogens is 1. The molecule has 3 aromatic carbocycles. The van der Waals surface area contributed by atoms with Crippen molar-refractivity contribution in [2.75, 3.05) is 11.0 Å². The molecule has 28 heavy (non-hydrogen) atoms. The van der Waals surface area contributed by atoms with Crippen molar-refractivity contribution in [3.63, 3.8) is 0 Å². The molecule has 1 heterocycles. The molecule has 0 atom stereocenters. The van der Waals surface area contributed by atoms with Crippen molar-refractivity contribution in [3.8, 4) is 0 Å². The number of rotatable bonds is 4. The Morgan fingerprint density at radius 3 is 2.61 bits per heavy atom. The van der Waals surface area contributed by atoms with Gasteiger partial charge in [0.2, 0.25) is 10.0 Å². The summed E-state index contributed by atoms with van der Waals surface area (Å²) in [5.41, 5.74) is 3.32. The number of fused-ring (bicyclic) bond motifs is 2. The van der Waals surface area contributed by atoms with Gasteiger partial charge in [0.25, 0.3) is 0 Å². The molecule has 4 aromatic rings. The Morgan fingerprint density at radius 2 is 1.79 bits per heavy atom. The third-order valence-corrected chi connectivity index (χ3v) is 5.17. The van der Waals surface area contributed by atoms with Gasteiger partial charge in [-0.1, -0.05) is 48.0 Å². The third-order valence-electron chi connectivity index (χ3n) is 4.32. The van der Waals surface area contributed by atoms with Crippen LogP contribution in [0.4, 0.5) is 5.69 Å². The second kappa shape index (κ2) is 7.26. The van der Waals surface area contributed by atoms with Crippen LogP contribution in [0.2, 0.25) is 5.02 Å². The highest BCUT2D eigenvalue weighted by Crippen LogP contribution is 2.25. The topological polar surface area (TPSA) is 59.1 Å². The van der Waals surface area contributed by atoms with Crippen LogP contribution < -0.4 is 4.72 Å². The van der Waals surface area contributed by atoms with Crippen molar-refractivity contribution in [2.45, 2.75) is 0 Å². The monoisotopic (exact) mass is 408 g/mol. The molecule has 0 unspecified atom stereocenters. The molecule has 140 valence electrons. The maximum atomic E-state index is 11.4. The zero-order valence-corrected chi connectivity index (χ0v) is 16.6. The van der Waals surface area contributed by atoms with E-state index in [1.165, 1.54) is 0 Å². The molecule has 0 aliphatic heterocycles. The molecule has 1 N–H and O–H groups in total. The highest BCUT2D eigenvalue weighted by atomic mass is 35.5. The molecular weight excluding hydrogens is 392 g/mol. The average molecular weight is 409 g/mol. The molecule has 0 saturated heterocycles. The highest BCUT2D eigenvalue weighted by Gasteiger charge is 2.04. The van der Waals surface area contributed by atoms with E-state index in [0.29, 0.717) is 10.7 Å². The van der Waals surface area contributed by atoms with E-state index in [9.17, 15) is 8.42 Å². The fraction of sp³-hybridized carbons (Fsp3) is 0.0455. The van der Waals surface area contributed by atoms with E-state index in [1.54, 1.807) is 6.07 Å². The van der Waals surface area contributed by atoms with E-state index in [2.05, 4.69) is 9.71 Å². The third kappa shape index (κ3) is 4.16. The normalized spacial score (nSPS) is 12.1. The van der Waals surface area contributed by atoms with Gasteiger partial charge in [0.15, 0.2) is 0 Å². The second-order valence-corrected chi connectivity index (χ2v) is 8.75. The zero-order valence-electron chi connectivity index (χ0n) is 15.1. The van der Waals surface area contributed by atoms with E-state index in [-0.39, 0.29) is 0 Å². The number of nitrogens with zero attached hydrogens (tertiary/aromatic N) is 1. The first-order chi connectivity index (χ1) is 13.4. The average Bonchev–Trinajstić information content (AvgIpc) is 2.64. The first-order valence-corrected chi connectivity index (χ1v) is 10.9. The van der Waals surface area contributed by atoms with E-state index in [1.807, 2.05) is 72.8 Å². The summed E-state index contributed by atoms with van der Waals surface area (Å²) in [6.45, 7) is 0. The molecule has 0 aliphatic carbocycles. The predicted octanol–water partition coefficient (Wildman–Crippen LogP) is 5.58. The molecule has 0 saturated carbocycles. The lowest BCUT2D eigenvalue weighted by Gasteiger charge is -2.07. The zero-order chi connectivity index (χ0) is 19.7. The van der Waals surface area contributed by atoms with Gasteiger partial charge in [-0.15, -0.1) is 0 Å². The Hall–Kier alpha value is -2.89. The quantitative estimate of drug-likeness (QED) is 0.479. The minimum Gasteiger partial charge on any atom is -0.284 e. The molecule has 1 aromatic heterocycles. The second-order valence-electron chi connectivity index (χ2n) is 6.56. The first kappa shape index (κ1) is 18.5. The summed E-state index contributed by atoms with van der Waals surface area (Å²) in [6, 6.07) is 21.0. The molecule has 0 spiro atoms. The van der Waals surface area contributed by atoms with Crippen LogP contribution >= 0.6 is 11.6 Å². The SMILES string of the molecule is CS(=O)(=O)Nc1ccc2c(/C=C/c3ccc4cc(Cl)ccc4n3)cccc2c1. The van der Waals surface area contributed by atoms with Gasteiger partial charge in [-0.05, 0) is 58.8 Å². The predicted molar refractivity (Wildman–Crippen MR) is 118 cm³/mol. The van der Waals surface area contributed by atoms with Crippen molar-refractivity contribution >= 4 is 61.1 Å². The lowest BCUT2D eigenvalue weighted by atomic mass is 10.0. The Balaban J connectivity index is 1.68. The molecule has 4 rings (SSSR count). The smallest absolute Gasteiger partial charge is 0.229 e. The standard InChI is InChI=1S/C22H17ClN2O2S/c1-28(26,27)25-20-10-11-21-15(3-2-4-16(21)14-20)5-8-19-9-6-17-13-18(23)7-12-22(17)24-19/h2-14,25H,1H3/b8-5+. The molecule has 0 aliphatic rings. The van der Waals surface area contributed by atoms with E-state index in [4.69, 9.17) is 11.6 Å². The van der Waals surface area contributed by atoms with Gasteiger partial charge in [-0.25, -0.2) is 13.4 Å². The summed E-state index contributed by atoms with van der Waals surface area (Å²) in [4.78, 5) is 4.64. The van der Waals surface area contributed by atoms with Crippen LogP contribution in [0.15, 0.2) is 66.7 Å². The van der Waals surface area contributed by atoms with Gasteiger partial charge in [0.1, 0.15) is 0 Å². The number of sulfonamides is 1. The van der Waals surface area contributed by atoms with E-state index in [0.717, 1.165) is 39.2 Å². The van der Waals surface area contributed by atoms with Gasteiger partial charge in [-0.3, -0.25) is 4.72 Å². The summed E-state index contributed by atoms with van der Waals surface area (Å²) < 4.78 is 25.4. The molecular formula is C22H17ClN2O2S. The lowest BCUT2D eigenvalue weighted by Crippen LogP contribution is -2.09. The van der Waals surface area contributed by atoms with Crippen LogP contribution in [-0.2, 0) is 10.0 Å². The largest absolute Gasteiger partial charge is 0.284 e. The van der Waals surface area contributed by atoms with Gasteiger partial charge >= 0.3 is 0 Å². The van der Waals surface area contributed by atoms with Crippen LogP contribution in [0, 0.1) is 0 Å². The maximum Gasteiger partial charge on any atom is 0.229 e. The van der Waals surface area contributed by atoms with Crippen LogP contribution in [0.25, 0.3) is 33.8 Å². The van der Waals surface area contributed by atoms with Gasteiger partial charge in [-0.2, -0.15) is 0 Å². The number of nitrogens with one attached hydrogen (secondary N) is 1. The summed E-state index contributed by atoms with van der Waals surface area (Å²) in [5.74, 6) is 0. The number of pyridine rings is 1. The van der Waals surface area contributed by atoms with Crippen molar-refractivity contribution in [2.24, 2.45) is 0 Å². The fourth-order valence-corrected chi connectivity index (χ4v) is 3.85. The Labute approximate surface area is 168 Å².